The molecule has 3 heterocycles. The number of aromatic amines is 2. The first-order valence-corrected chi connectivity index (χ1v) is 7.73. The topological polar surface area (TPSA) is 98.0 Å². The number of hydrogen-bond donors (Lipinski definition) is 2. The standard InChI is InChI=1S/C14H17ClN6O2/c1-9-11(17-8-16-9)13(22)20-3-2-4-21(6-5-20)14(23)12-10(15)7-18-19-12/h7-8H,2-6H2,1H3,(H,16,17)(H,18,19). The van der Waals surface area contributed by atoms with Crippen molar-refractivity contribution in [3.05, 3.63) is 34.6 Å². The van der Waals surface area contributed by atoms with Crippen molar-refractivity contribution < 1.29 is 9.59 Å². The van der Waals surface area contributed by atoms with E-state index >= 15 is 0 Å². The van der Waals surface area contributed by atoms with Crippen LogP contribution >= 0.6 is 11.6 Å². The first-order chi connectivity index (χ1) is 11.1. The molecule has 0 aromatic carbocycles. The fourth-order valence-corrected chi connectivity index (χ4v) is 2.80. The normalized spacial score (nSPS) is 15.6. The van der Waals surface area contributed by atoms with Crippen LogP contribution < -0.4 is 0 Å². The average molecular weight is 337 g/mol. The van der Waals surface area contributed by atoms with E-state index in [-0.39, 0.29) is 17.5 Å². The largest absolute Gasteiger partial charge is 0.348 e. The van der Waals surface area contributed by atoms with Crippen LogP contribution in [-0.2, 0) is 0 Å². The smallest absolute Gasteiger partial charge is 0.274 e. The van der Waals surface area contributed by atoms with Crippen molar-refractivity contribution in [3.8, 4) is 0 Å². The Kier molecular flexibility index (Phi) is 4.33. The number of imidazole rings is 1. The van der Waals surface area contributed by atoms with E-state index in [1.165, 1.54) is 12.5 Å². The number of aromatic nitrogens is 4. The molecule has 8 nitrogen and oxygen atoms in total. The summed E-state index contributed by atoms with van der Waals surface area (Å²) >= 11 is 5.94. The highest BCUT2D eigenvalue weighted by atomic mass is 35.5. The lowest BCUT2D eigenvalue weighted by Crippen LogP contribution is -2.37. The Morgan fingerprint density at radius 1 is 1.17 bits per heavy atom. The molecule has 3 rings (SSSR count). The molecule has 0 aliphatic carbocycles. The maximum Gasteiger partial charge on any atom is 0.274 e. The summed E-state index contributed by atoms with van der Waals surface area (Å²) < 4.78 is 0. The first-order valence-electron chi connectivity index (χ1n) is 7.35. The van der Waals surface area contributed by atoms with Gasteiger partial charge in [-0.2, -0.15) is 5.10 Å². The van der Waals surface area contributed by atoms with Crippen molar-refractivity contribution in [2.24, 2.45) is 0 Å². The quantitative estimate of drug-likeness (QED) is 0.857. The Morgan fingerprint density at radius 2 is 1.87 bits per heavy atom. The van der Waals surface area contributed by atoms with Crippen LogP contribution in [-0.4, -0.2) is 68.0 Å². The van der Waals surface area contributed by atoms with Crippen LogP contribution in [0.3, 0.4) is 0 Å². The lowest BCUT2D eigenvalue weighted by molar-refractivity contribution is 0.0712. The van der Waals surface area contributed by atoms with E-state index in [0.29, 0.717) is 43.3 Å². The van der Waals surface area contributed by atoms with Gasteiger partial charge in [-0.1, -0.05) is 11.6 Å². The van der Waals surface area contributed by atoms with Crippen LogP contribution in [0.5, 0.6) is 0 Å². The van der Waals surface area contributed by atoms with Gasteiger partial charge < -0.3 is 14.8 Å². The number of rotatable bonds is 2. The fourth-order valence-electron chi connectivity index (χ4n) is 2.63. The molecule has 122 valence electrons. The van der Waals surface area contributed by atoms with E-state index in [4.69, 9.17) is 11.6 Å². The lowest BCUT2D eigenvalue weighted by Gasteiger charge is -2.21. The van der Waals surface area contributed by atoms with Gasteiger partial charge in [-0.3, -0.25) is 14.7 Å². The highest BCUT2D eigenvalue weighted by Gasteiger charge is 2.26. The molecular formula is C14H17ClN6O2. The molecular weight excluding hydrogens is 320 g/mol. The number of hydrogen-bond acceptors (Lipinski definition) is 4. The van der Waals surface area contributed by atoms with E-state index < -0.39 is 0 Å². The SMILES string of the molecule is Cc1[nH]cnc1C(=O)N1CCCN(C(=O)c2[nH]ncc2Cl)CC1. The summed E-state index contributed by atoms with van der Waals surface area (Å²) in [5, 5.41) is 6.69. The molecule has 0 spiro atoms. The average Bonchev–Trinajstić information content (AvgIpc) is 3.07. The minimum absolute atomic E-state index is 0.113. The van der Waals surface area contributed by atoms with Crippen molar-refractivity contribution in [1.29, 1.82) is 0 Å². The number of nitrogens with one attached hydrogen (secondary N) is 2. The maximum absolute atomic E-state index is 12.5. The second-order valence-electron chi connectivity index (χ2n) is 5.41. The summed E-state index contributed by atoms with van der Waals surface area (Å²) in [7, 11) is 0. The van der Waals surface area contributed by atoms with Crippen LogP contribution in [0.2, 0.25) is 5.02 Å². The molecule has 0 bridgehead atoms. The third-order valence-corrected chi connectivity index (χ3v) is 4.20. The van der Waals surface area contributed by atoms with E-state index in [1.807, 2.05) is 6.92 Å². The van der Waals surface area contributed by atoms with Crippen molar-refractivity contribution in [2.75, 3.05) is 26.2 Å². The number of halogens is 1. The summed E-state index contributed by atoms with van der Waals surface area (Å²) in [5.74, 6) is -0.310. The van der Waals surface area contributed by atoms with Gasteiger partial charge >= 0.3 is 0 Å². The van der Waals surface area contributed by atoms with E-state index in [1.54, 1.807) is 9.80 Å². The minimum atomic E-state index is -0.197. The highest BCUT2D eigenvalue weighted by Crippen LogP contribution is 2.16. The van der Waals surface area contributed by atoms with Gasteiger partial charge in [0.1, 0.15) is 11.4 Å². The van der Waals surface area contributed by atoms with Crippen LogP contribution in [0, 0.1) is 6.92 Å². The van der Waals surface area contributed by atoms with Gasteiger partial charge in [0.25, 0.3) is 11.8 Å². The van der Waals surface area contributed by atoms with Crippen molar-refractivity contribution in [3.63, 3.8) is 0 Å². The summed E-state index contributed by atoms with van der Waals surface area (Å²) in [6, 6.07) is 0. The lowest BCUT2D eigenvalue weighted by atomic mass is 10.3. The minimum Gasteiger partial charge on any atom is -0.348 e. The molecule has 2 aromatic rings. The molecule has 1 aliphatic rings. The molecule has 2 amide bonds. The summed E-state index contributed by atoms with van der Waals surface area (Å²) in [6.07, 6.45) is 3.62. The second-order valence-corrected chi connectivity index (χ2v) is 5.81. The van der Waals surface area contributed by atoms with Crippen LogP contribution in [0.25, 0.3) is 0 Å². The number of aryl methyl sites for hydroxylation is 1. The van der Waals surface area contributed by atoms with Crippen molar-refractivity contribution in [1.82, 2.24) is 30.0 Å². The van der Waals surface area contributed by atoms with E-state index in [9.17, 15) is 9.59 Å². The number of H-pyrrole nitrogens is 2. The molecule has 1 fully saturated rings. The Labute approximate surface area is 137 Å². The zero-order valence-corrected chi connectivity index (χ0v) is 13.4. The van der Waals surface area contributed by atoms with Gasteiger partial charge in [0.15, 0.2) is 0 Å². The Hall–Kier alpha value is -2.35. The van der Waals surface area contributed by atoms with Gasteiger partial charge in [-0.15, -0.1) is 0 Å². The zero-order chi connectivity index (χ0) is 16.4. The molecule has 1 saturated heterocycles. The van der Waals surface area contributed by atoms with Gasteiger partial charge in [-0.25, -0.2) is 4.98 Å². The van der Waals surface area contributed by atoms with Gasteiger partial charge in [0.05, 0.1) is 17.5 Å². The molecule has 2 aromatic heterocycles. The molecule has 9 heteroatoms. The Bertz CT molecular complexity index is 664. The number of carbonyl (C=O) groups excluding carboxylic acids is 2. The summed E-state index contributed by atoms with van der Waals surface area (Å²) in [5.41, 5.74) is 1.47. The monoisotopic (exact) mass is 336 g/mol. The fraction of sp³-hybridized carbons (Fsp3) is 0.429. The molecule has 0 atom stereocenters. The molecule has 2 N–H and O–H groups in total. The molecule has 23 heavy (non-hydrogen) atoms. The summed E-state index contributed by atoms with van der Waals surface area (Å²) in [6.45, 7) is 3.88. The van der Waals surface area contributed by atoms with Crippen LogP contribution in [0.4, 0.5) is 0 Å². The van der Waals surface area contributed by atoms with Crippen LogP contribution in [0.1, 0.15) is 33.1 Å². The first kappa shape index (κ1) is 15.5. The van der Waals surface area contributed by atoms with Gasteiger partial charge in [-0.05, 0) is 13.3 Å². The van der Waals surface area contributed by atoms with Crippen molar-refractivity contribution >= 4 is 23.4 Å². The van der Waals surface area contributed by atoms with Crippen molar-refractivity contribution in [2.45, 2.75) is 13.3 Å². The molecule has 0 radical (unpaired) electrons. The van der Waals surface area contributed by atoms with Gasteiger partial charge in [0.2, 0.25) is 0 Å². The second kappa shape index (κ2) is 6.41. The molecule has 1 aliphatic heterocycles. The summed E-state index contributed by atoms with van der Waals surface area (Å²) in [4.78, 5) is 35.3. The highest BCUT2D eigenvalue weighted by molar-refractivity contribution is 6.33. The Morgan fingerprint density at radius 3 is 2.43 bits per heavy atom. The third kappa shape index (κ3) is 3.07. The third-order valence-electron chi connectivity index (χ3n) is 3.91. The van der Waals surface area contributed by atoms with E-state index in [2.05, 4.69) is 20.2 Å². The van der Waals surface area contributed by atoms with E-state index in [0.717, 1.165) is 5.69 Å². The van der Waals surface area contributed by atoms with Crippen LogP contribution in [0.15, 0.2) is 12.5 Å². The maximum atomic E-state index is 12.5. The number of nitrogens with zero attached hydrogens (tertiary/aromatic N) is 4. The predicted molar refractivity (Wildman–Crippen MR) is 83.3 cm³/mol. The number of amides is 2. The predicted octanol–water partition coefficient (Wildman–Crippen LogP) is 1.08. The molecule has 0 saturated carbocycles. The number of carbonyl (C=O) groups is 2. The van der Waals surface area contributed by atoms with Gasteiger partial charge in [0, 0.05) is 31.9 Å². The molecule has 0 unspecified atom stereocenters. The zero-order valence-electron chi connectivity index (χ0n) is 12.7. The Balaban J connectivity index is 1.68.